The average molecular weight is 516 g/mol. The number of aromatic nitrogens is 1. The molecule has 0 saturated carbocycles. The molecule has 0 aliphatic rings. The van der Waals surface area contributed by atoms with Crippen LogP contribution in [0.25, 0.3) is 11.1 Å². The van der Waals surface area contributed by atoms with Gasteiger partial charge in [0.05, 0.1) is 5.69 Å². The number of hydrogen-bond acceptors (Lipinski definition) is 5. The smallest absolute Gasteiger partial charge is 0.423 e. The lowest BCUT2D eigenvalue weighted by Gasteiger charge is -2.01. The molecule has 172 valence electrons. The molecule has 0 atom stereocenters. The van der Waals surface area contributed by atoms with Gasteiger partial charge in [-0.3, -0.25) is 4.98 Å². The maximum Gasteiger partial charge on any atom is 0.488 e. The Morgan fingerprint density at radius 3 is 1.85 bits per heavy atom. The van der Waals surface area contributed by atoms with Gasteiger partial charge in [-0.2, -0.15) is 0 Å². The van der Waals surface area contributed by atoms with Crippen molar-refractivity contribution in [3.63, 3.8) is 0 Å². The first kappa shape index (κ1) is 27.8. The van der Waals surface area contributed by atoms with E-state index in [2.05, 4.69) is 20.9 Å². The molecule has 0 saturated heterocycles. The lowest BCUT2D eigenvalue weighted by Crippen LogP contribution is -2.29. The van der Waals surface area contributed by atoms with Crippen molar-refractivity contribution in [3.8, 4) is 11.1 Å². The van der Waals surface area contributed by atoms with Crippen molar-refractivity contribution in [2.24, 2.45) is 0 Å². The Kier molecular flexibility index (Phi) is 11.8. The number of pyridine rings is 1. The maximum absolute atomic E-state index is 12.9. The van der Waals surface area contributed by atoms with Crippen LogP contribution in [0.2, 0.25) is 0 Å². The summed E-state index contributed by atoms with van der Waals surface area (Å²) < 4.78 is 26.2. The number of halogens is 3. The summed E-state index contributed by atoms with van der Waals surface area (Å²) in [6, 6.07) is 20.8. The minimum Gasteiger partial charge on any atom is -0.423 e. The van der Waals surface area contributed by atoms with E-state index in [0.29, 0.717) is 5.69 Å². The van der Waals surface area contributed by atoms with Crippen molar-refractivity contribution < 1.29 is 18.8 Å². The number of nitrogen functional groups attached to an aromatic ring is 2. The van der Waals surface area contributed by atoms with Gasteiger partial charge in [-0.1, -0.05) is 53.7 Å². The van der Waals surface area contributed by atoms with Crippen molar-refractivity contribution in [3.05, 3.63) is 107 Å². The zero-order chi connectivity index (χ0) is 23.5. The van der Waals surface area contributed by atoms with Gasteiger partial charge < -0.3 is 21.5 Å². The molecule has 9 heteroatoms. The molecule has 5 nitrogen and oxygen atoms in total. The highest BCUT2D eigenvalue weighted by molar-refractivity contribution is 9.10. The minimum atomic E-state index is -1.59. The number of nitrogens with zero attached hydrogens (tertiary/aromatic N) is 1. The predicted octanol–water partition coefficient (Wildman–Crippen LogP) is 4.64. The Bertz CT molecular complexity index is 1090. The lowest BCUT2D eigenvalue weighted by atomic mass is 9.80. The summed E-state index contributed by atoms with van der Waals surface area (Å²) in [7, 11) is -1.59. The van der Waals surface area contributed by atoms with Crippen molar-refractivity contribution in [1.82, 2.24) is 4.98 Å². The Morgan fingerprint density at radius 2 is 1.36 bits per heavy atom. The summed E-state index contributed by atoms with van der Waals surface area (Å²) in [6.45, 7) is 0. The highest BCUT2D eigenvalue weighted by Crippen LogP contribution is 2.20. The molecule has 1 aromatic heterocycles. The molecule has 4 rings (SSSR count). The van der Waals surface area contributed by atoms with Crippen LogP contribution < -0.4 is 16.9 Å². The third kappa shape index (κ3) is 10.3. The number of rotatable bonds is 2. The zero-order valence-electron chi connectivity index (χ0n) is 16.9. The third-order valence-corrected chi connectivity index (χ3v) is 4.41. The van der Waals surface area contributed by atoms with E-state index in [1.54, 1.807) is 24.5 Å². The number of anilines is 2. The van der Waals surface area contributed by atoms with Gasteiger partial charge >= 0.3 is 7.12 Å². The molecular weight excluding hydrogens is 491 g/mol. The van der Waals surface area contributed by atoms with Crippen LogP contribution in [0.5, 0.6) is 0 Å². The van der Waals surface area contributed by atoms with Gasteiger partial charge in [0, 0.05) is 28.1 Å². The number of hydrogen-bond donors (Lipinski definition) is 4. The fraction of sp³-hybridized carbons (Fsp3) is 0.0417. The average Bonchev–Trinajstić information content (AvgIpc) is 2.74. The molecule has 0 aliphatic heterocycles. The van der Waals surface area contributed by atoms with E-state index >= 15 is 0 Å². The van der Waals surface area contributed by atoms with Crippen LogP contribution in [0.15, 0.2) is 95.7 Å². The van der Waals surface area contributed by atoms with Crippen LogP contribution in [0, 0.1) is 11.6 Å². The van der Waals surface area contributed by atoms with E-state index in [0.717, 1.165) is 27.4 Å². The fourth-order valence-corrected chi connectivity index (χ4v) is 2.87. The summed E-state index contributed by atoms with van der Waals surface area (Å²) in [5.41, 5.74) is 14.1. The van der Waals surface area contributed by atoms with E-state index in [9.17, 15) is 8.78 Å². The second kappa shape index (κ2) is 14.0. The first-order chi connectivity index (χ1) is 15.2. The third-order valence-electron chi connectivity index (χ3n) is 3.91. The van der Waals surface area contributed by atoms with Crippen LogP contribution in [0.1, 0.15) is 7.43 Å². The largest absolute Gasteiger partial charge is 0.488 e. The zero-order valence-corrected chi connectivity index (χ0v) is 18.5. The molecule has 4 aromatic rings. The quantitative estimate of drug-likeness (QED) is 0.230. The fourth-order valence-electron chi connectivity index (χ4n) is 2.46. The topological polar surface area (TPSA) is 105 Å². The second-order valence-corrected chi connectivity index (χ2v) is 7.42. The Hall–Kier alpha value is -3.27. The molecular formula is C24H25BBrF2N3O2. The van der Waals surface area contributed by atoms with Crippen LogP contribution in [-0.2, 0) is 0 Å². The Labute approximate surface area is 201 Å². The maximum atomic E-state index is 12.9. The van der Waals surface area contributed by atoms with Gasteiger partial charge in [0.2, 0.25) is 0 Å². The van der Waals surface area contributed by atoms with Crippen LogP contribution in [0.3, 0.4) is 0 Å². The first-order valence-corrected chi connectivity index (χ1v) is 10.1. The highest BCUT2D eigenvalue weighted by atomic mass is 79.9. The number of benzene rings is 3. The Balaban J connectivity index is 0.000000255. The van der Waals surface area contributed by atoms with Gasteiger partial charge in [0.15, 0.2) is 0 Å². The van der Waals surface area contributed by atoms with Crippen LogP contribution in [0.4, 0.5) is 20.2 Å². The standard InChI is InChI=1S/C11H9FN2.C6H6BFO2.C6H6BrN.CH4/c12-10-3-1-2-8(4-10)9-5-11(13)7-14-6-9;8-6-3-1-2-5(4-6)7(9)10;7-5-2-1-3-6(8)4-5;/h1-7H,13H2;1-4,9-10H;1-4H,8H2;1H4. The molecule has 3 aromatic carbocycles. The Morgan fingerprint density at radius 1 is 0.727 bits per heavy atom. The van der Waals surface area contributed by atoms with Crippen molar-refractivity contribution in [2.75, 3.05) is 11.5 Å². The van der Waals surface area contributed by atoms with Gasteiger partial charge in [0.1, 0.15) is 11.6 Å². The molecule has 0 unspecified atom stereocenters. The number of nitrogens with two attached hydrogens (primary N) is 2. The summed E-state index contributed by atoms with van der Waals surface area (Å²) in [5.74, 6) is -0.726. The lowest BCUT2D eigenvalue weighted by molar-refractivity contribution is 0.425. The summed E-state index contributed by atoms with van der Waals surface area (Å²) in [5, 5.41) is 17.1. The van der Waals surface area contributed by atoms with E-state index in [-0.39, 0.29) is 18.7 Å². The normalized spacial score (nSPS) is 9.36. The van der Waals surface area contributed by atoms with E-state index in [4.69, 9.17) is 21.5 Å². The van der Waals surface area contributed by atoms with Crippen LogP contribution in [-0.4, -0.2) is 22.2 Å². The van der Waals surface area contributed by atoms with Gasteiger partial charge in [-0.05, 0) is 59.6 Å². The second-order valence-electron chi connectivity index (χ2n) is 6.50. The molecule has 0 amide bonds. The van der Waals surface area contributed by atoms with E-state index in [1.807, 2.05) is 30.3 Å². The molecule has 1 heterocycles. The molecule has 6 N–H and O–H groups in total. The van der Waals surface area contributed by atoms with Crippen LogP contribution >= 0.6 is 15.9 Å². The molecule has 0 fully saturated rings. The van der Waals surface area contributed by atoms with E-state index < -0.39 is 12.9 Å². The molecule has 0 radical (unpaired) electrons. The molecule has 0 spiro atoms. The predicted molar refractivity (Wildman–Crippen MR) is 136 cm³/mol. The monoisotopic (exact) mass is 515 g/mol. The molecule has 0 aliphatic carbocycles. The van der Waals surface area contributed by atoms with Crippen molar-refractivity contribution in [1.29, 1.82) is 0 Å². The molecule has 33 heavy (non-hydrogen) atoms. The summed E-state index contributed by atoms with van der Waals surface area (Å²) in [6.07, 6.45) is 3.22. The van der Waals surface area contributed by atoms with Gasteiger partial charge in [0.25, 0.3) is 0 Å². The van der Waals surface area contributed by atoms with Gasteiger partial charge in [-0.25, -0.2) is 8.78 Å². The summed E-state index contributed by atoms with van der Waals surface area (Å²) in [4.78, 5) is 3.94. The minimum absolute atomic E-state index is 0. The van der Waals surface area contributed by atoms with E-state index in [1.165, 1.54) is 30.3 Å². The van der Waals surface area contributed by atoms with Crippen molar-refractivity contribution in [2.45, 2.75) is 7.43 Å². The summed E-state index contributed by atoms with van der Waals surface area (Å²) >= 11 is 3.28. The van der Waals surface area contributed by atoms with Gasteiger partial charge in [-0.15, -0.1) is 0 Å². The highest BCUT2D eigenvalue weighted by Gasteiger charge is 2.09. The SMILES string of the molecule is C.Nc1cccc(Br)c1.Nc1cncc(-c2cccc(F)c2)c1.OB(O)c1cccc(F)c1. The first-order valence-electron chi connectivity index (χ1n) is 9.33. The molecule has 0 bridgehead atoms. The van der Waals surface area contributed by atoms with Crippen molar-refractivity contribution >= 4 is 39.9 Å².